The highest BCUT2D eigenvalue weighted by molar-refractivity contribution is 14.1. The lowest BCUT2D eigenvalue weighted by molar-refractivity contribution is 0.617. The molecule has 0 aliphatic rings. The van der Waals surface area contributed by atoms with E-state index in [9.17, 15) is 4.39 Å². The first kappa shape index (κ1) is 13.1. The van der Waals surface area contributed by atoms with Gasteiger partial charge in [-0.15, -0.1) is 0 Å². The Balaban J connectivity index is 2.37. The normalized spacial score (nSPS) is 10.5. The van der Waals surface area contributed by atoms with Gasteiger partial charge in [-0.25, -0.2) is 9.37 Å². The summed E-state index contributed by atoms with van der Waals surface area (Å²) in [4.78, 5) is 4.87. The van der Waals surface area contributed by atoms with Gasteiger partial charge in [-0.3, -0.25) is 0 Å². The zero-order chi connectivity index (χ0) is 12.4. The molecule has 0 fully saturated rings. The summed E-state index contributed by atoms with van der Waals surface area (Å²) in [5.74, 6) is -0.269. The van der Waals surface area contributed by atoms with Crippen LogP contribution in [0.25, 0.3) is 0 Å². The van der Waals surface area contributed by atoms with E-state index in [1.807, 2.05) is 34.7 Å². The summed E-state index contributed by atoms with van der Waals surface area (Å²) in [5, 5.41) is 0.764. The summed E-state index contributed by atoms with van der Waals surface area (Å²) in [6.45, 7) is 0. The van der Waals surface area contributed by atoms with Crippen molar-refractivity contribution in [3.63, 3.8) is 0 Å². The first-order chi connectivity index (χ1) is 8.08. The van der Waals surface area contributed by atoms with E-state index in [-0.39, 0.29) is 5.82 Å². The van der Waals surface area contributed by atoms with Gasteiger partial charge in [-0.1, -0.05) is 11.8 Å². The number of hydrogen-bond donors (Lipinski definition) is 1. The van der Waals surface area contributed by atoms with Crippen molar-refractivity contribution in [3.05, 3.63) is 44.3 Å². The van der Waals surface area contributed by atoms with Crippen LogP contribution in [0.5, 0.6) is 0 Å². The van der Waals surface area contributed by atoms with Crippen molar-refractivity contribution in [2.45, 2.75) is 9.92 Å². The zero-order valence-corrected chi connectivity index (χ0v) is 13.0. The number of benzene rings is 1. The van der Waals surface area contributed by atoms with Crippen molar-refractivity contribution in [1.82, 2.24) is 4.98 Å². The number of anilines is 1. The SMILES string of the molecule is Nc1cc(I)c(F)cc1Sc1ncccc1Br. The van der Waals surface area contributed by atoms with Gasteiger partial charge in [-0.2, -0.15) is 0 Å². The third kappa shape index (κ3) is 3.11. The Bertz CT molecular complexity index is 565. The van der Waals surface area contributed by atoms with Gasteiger partial charge in [0.15, 0.2) is 0 Å². The monoisotopic (exact) mass is 424 g/mol. The van der Waals surface area contributed by atoms with E-state index in [4.69, 9.17) is 5.73 Å². The van der Waals surface area contributed by atoms with Gasteiger partial charge in [0, 0.05) is 16.8 Å². The average molecular weight is 425 g/mol. The second-order valence-electron chi connectivity index (χ2n) is 3.20. The van der Waals surface area contributed by atoms with Crippen molar-refractivity contribution < 1.29 is 4.39 Å². The minimum atomic E-state index is -0.269. The van der Waals surface area contributed by atoms with Crippen LogP contribution in [0.1, 0.15) is 0 Å². The summed E-state index contributed by atoms with van der Waals surface area (Å²) in [6, 6.07) is 6.76. The minimum absolute atomic E-state index is 0.269. The molecule has 0 aliphatic heterocycles. The fraction of sp³-hybridized carbons (Fsp3) is 0. The highest BCUT2D eigenvalue weighted by Crippen LogP contribution is 2.36. The lowest BCUT2D eigenvalue weighted by Crippen LogP contribution is -1.93. The number of pyridine rings is 1. The highest BCUT2D eigenvalue weighted by Gasteiger charge is 2.09. The zero-order valence-electron chi connectivity index (χ0n) is 8.45. The molecular formula is C11H7BrFIN2S. The number of nitrogen functional groups attached to an aromatic ring is 1. The summed E-state index contributed by atoms with van der Waals surface area (Å²) >= 11 is 6.64. The van der Waals surface area contributed by atoms with Crippen LogP contribution in [0.4, 0.5) is 10.1 Å². The Labute approximate surface area is 124 Å². The van der Waals surface area contributed by atoms with Gasteiger partial charge in [-0.05, 0) is 62.8 Å². The molecule has 88 valence electrons. The molecule has 0 atom stereocenters. The molecular weight excluding hydrogens is 418 g/mol. The Morgan fingerprint density at radius 2 is 2.18 bits per heavy atom. The van der Waals surface area contributed by atoms with Gasteiger partial charge >= 0.3 is 0 Å². The summed E-state index contributed by atoms with van der Waals surface area (Å²) in [7, 11) is 0. The molecule has 0 unspecified atom stereocenters. The van der Waals surface area contributed by atoms with Crippen LogP contribution >= 0.6 is 50.3 Å². The Morgan fingerprint density at radius 3 is 2.88 bits per heavy atom. The summed E-state index contributed by atoms with van der Waals surface area (Å²) in [6.07, 6.45) is 1.69. The number of nitrogens with zero attached hydrogens (tertiary/aromatic N) is 1. The summed E-state index contributed by atoms with van der Waals surface area (Å²) < 4.78 is 14.8. The molecule has 1 aromatic heterocycles. The number of rotatable bonds is 2. The first-order valence-electron chi connectivity index (χ1n) is 4.61. The van der Waals surface area contributed by atoms with Crippen LogP contribution < -0.4 is 5.73 Å². The molecule has 2 N–H and O–H groups in total. The number of nitrogens with two attached hydrogens (primary N) is 1. The summed E-state index contributed by atoms with van der Waals surface area (Å²) in [5.41, 5.74) is 6.41. The fourth-order valence-electron chi connectivity index (χ4n) is 1.18. The van der Waals surface area contributed by atoms with E-state index < -0.39 is 0 Å². The predicted molar refractivity (Wildman–Crippen MR) is 79.6 cm³/mol. The van der Waals surface area contributed by atoms with Crippen LogP contribution in [0, 0.1) is 9.39 Å². The van der Waals surface area contributed by atoms with Gasteiger partial charge in [0.1, 0.15) is 10.8 Å². The maximum atomic E-state index is 13.5. The highest BCUT2D eigenvalue weighted by atomic mass is 127. The van der Waals surface area contributed by atoms with Crippen LogP contribution in [-0.4, -0.2) is 4.98 Å². The van der Waals surface area contributed by atoms with E-state index >= 15 is 0 Å². The molecule has 17 heavy (non-hydrogen) atoms. The van der Waals surface area contributed by atoms with Crippen LogP contribution in [0.2, 0.25) is 0 Å². The standard InChI is InChI=1S/C11H7BrFIN2S/c12-6-2-1-3-16-11(6)17-10-4-7(13)8(14)5-9(10)15/h1-5H,15H2. The van der Waals surface area contributed by atoms with E-state index in [1.165, 1.54) is 17.8 Å². The maximum Gasteiger partial charge on any atom is 0.137 e. The largest absolute Gasteiger partial charge is 0.398 e. The van der Waals surface area contributed by atoms with Crippen molar-refractivity contribution in [2.75, 3.05) is 5.73 Å². The lowest BCUT2D eigenvalue weighted by Gasteiger charge is -2.07. The van der Waals surface area contributed by atoms with Gasteiger partial charge in [0.25, 0.3) is 0 Å². The minimum Gasteiger partial charge on any atom is -0.398 e. The predicted octanol–water partition coefficient (Wildman–Crippen LogP) is 4.32. The molecule has 0 aliphatic carbocycles. The quantitative estimate of drug-likeness (QED) is 0.576. The lowest BCUT2D eigenvalue weighted by atomic mass is 10.3. The molecule has 1 heterocycles. The fourth-order valence-corrected chi connectivity index (χ4v) is 3.00. The molecule has 0 bridgehead atoms. The van der Waals surface area contributed by atoms with Crippen LogP contribution in [0.3, 0.4) is 0 Å². The van der Waals surface area contributed by atoms with E-state index in [0.717, 1.165) is 9.50 Å². The topological polar surface area (TPSA) is 38.9 Å². The Hall–Kier alpha value is -0.340. The number of halogens is 3. The maximum absolute atomic E-state index is 13.5. The van der Waals surface area contributed by atoms with E-state index in [2.05, 4.69) is 20.9 Å². The van der Waals surface area contributed by atoms with Crippen LogP contribution in [-0.2, 0) is 0 Å². The van der Waals surface area contributed by atoms with Crippen molar-refractivity contribution in [3.8, 4) is 0 Å². The molecule has 2 nitrogen and oxygen atoms in total. The van der Waals surface area contributed by atoms with Crippen LogP contribution in [0.15, 0.2) is 44.9 Å². The van der Waals surface area contributed by atoms with E-state index in [1.54, 1.807) is 12.3 Å². The van der Waals surface area contributed by atoms with E-state index in [0.29, 0.717) is 14.2 Å². The third-order valence-corrected chi connectivity index (χ3v) is 4.81. The Morgan fingerprint density at radius 1 is 1.41 bits per heavy atom. The van der Waals surface area contributed by atoms with Gasteiger partial charge in [0.05, 0.1) is 8.04 Å². The molecule has 0 amide bonds. The first-order valence-corrected chi connectivity index (χ1v) is 7.29. The Kier molecular flexibility index (Phi) is 4.26. The molecule has 6 heteroatoms. The molecule has 0 saturated carbocycles. The second-order valence-corrected chi connectivity index (χ2v) is 6.24. The second kappa shape index (κ2) is 5.53. The molecule has 0 radical (unpaired) electrons. The molecule has 0 spiro atoms. The number of hydrogen-bond acceptors (Lipinski definition) is 3. The molecule has 2 rings (SSSR count). The van der Waals surface area contributed by atoms with Crippen molar-refractivity contribution in [1.29, 1.82) is 0 Å². The molecule has 1 aromatic carbocycles. The number of aromatic nitrogens is 1. The average Bonchev–Trinajstić information content (AvgIpc) is 2.29. The van der Waals surface area contributed by atoms with Crippen molar-refractivity contribution in [2.24, 2.45) is 0 Å². The van der Waals surface area contributed by atoms with Gasteiger partial charge in [0.2, 0.25) is 0 Å². The molecule has 2 aromatic rings. The van der Waals surface area contributed by atoms with Crippen molar-refractivity contribution >= 4 is 56.0 Å². The third-order valence-electron chi connectivity index (χ3n) is 1.98. The van der Waals surface area contributed by atoms with Gasteiger partial charge < -0.3 is 5.73 Å². The molecule has 0 saturated heterocycles. The smallest absolute Gasteiger partial charge is 0.137 e.